The van der Waals surface area contributed by atoms with Crippen LogP contribution in [0.25, 0.3) is 0 Å². The van der Waals surface area contributed by atoms with Gasteiger partial charge in [-0.25, -0.2) is 13.1 Å². The molecular weight excluding hydrogens is 300 g/mol. The lowest BCUT2D eigenvalue weighted by Gasteiger charge is -2.12. The van der Waals surface area contributed by atoms with E-state index in [9.17, 15) is 8.42 Å². The topological polar surface area (TPSA) is 79.2 Å². The van der Waals surface area contributed by atoms with Crippen LogP contribution in [0.2, 0.25) is 0 Å². The Morgan fingerprint density at radius 2 is 2.05 bits per heavy atom. The number of nitrogens with zero attached hydrogens (tertiary/aromatic N) is 1. The number of fused-ring (bicyclic) bond motifs is 1. The summed E-state index contributed by atoms with van der Waals surface area (Å²) in [5.74, 6) is 0.804. The van der Waals surface area contributed by atoms with Gasteiger partial charge in [0.25, 0.3) is 0 Å². The molecule has 5 nitrogen and oxygen atoms in total. The van der Waals surface area contributed by atoms with Gasteiger partial charge < -0.3 is 4.74 Å². The van der Waals surface area contributed by atoms with E-state index < -0.39 is 10.0 Å². The minimum Gasteiger partial charge on any atom is -0.488 e. The fraction of sp³-hybridized carbons (Fsp3) is 0.188. The minimum atomic E-state index is -3.65. The van der Waals surface area contributed by atoms with Crippen LogP contribution in [-0.4, -0.2) is 21.1 Å². The molecule has 0 saturated heterocycles. The molecule has 0 amide bonds. The minimum absolute atomic E-state index is 0.0852. The molecule has 0 saturated carbocycles. The Morgan fingerprint density at radius 1 is 1.23 bits per heavy atom. The van der Waals surface area contributed by atoms with Crippen molar-refractivity contribution in [2.75, 3.05) is 6.54 Å². The van der Waals surface area contributed by atoms with E-state index in [1.165, 1.54) is 12.1 Å². The van der Waals surface area contributed by atoms with Crippen LogP contribution in [0.3, 0.4) is 0 Å². The summed E-state index contributed by atoms with van der Waals surface area (Å²) >= 11 is 0. The smallest absolute Gasteiger partial charge is 0.240 e. The summed E-state index contributed by atoms with van der Waals surface area (Å²) in [6, 6.07) is 15.5. The van der Waals surface area contributed by atoms with Gasteiger partial charge in [-0.1, -0.05) is 24.3 Å². The monoisotopic (exact) mass is 314 g/mol. The van der Waals surface area contributed by atoms with Gasteiger partial charge in [0.2, 0.25) is 10.0 Å². The quantitative estimate of drug-likeness (QED) is 0.934. The third-order valence-corrected chi connectivity index (χ3v) is 4.91. The molecule has 0 aliphatic carbocycles. The van der Waals surface area contributed by atoms with Gasteiger partial charge in [0, 0.05) is 13.0 Å². The number of rotatable bonds is 4. The van der Waals surface area contributed by atoms with Crippen LogP contribution in [0.5, 0.6) is 5.75 Å². The van der Waals surface area contributed by atoms with Crippen molar-refractivity contribution < 1.29 is 13.2 Å². The molecule has 0 radical (unpaired) electrons. The number of para-hydroxylation sites is 1. The second-order valence-corrected chi connectivity index (χ2v) is 6.81. The number of benzene rings is 2. The van der Waals surface area contributed by atoms with Gasteiger partial charge in [0.1, 0.15) is 11.9 Å². The van der Waals surface area contributed by atoms with Gasteiger partial charge in [-0.3, -0.25) is 0 Å². The van der Waals surface area contributed by atoms with E-state index in [0.29, 0.717) is 12.0 Å². The molecule has 1 aliphatic rings. The van der Waals surface area contributed by atoms with Crippen molar-refractivity contribution in [3.05, 3.63) is 59.7 Å². The Bertz CT molecular complexity index is 815. The SMILES string of the molecule is N#Cc1cccc(S(=O)(=O)NC[C@@H]2Cc3ccccc3O2)c1. The van der Waals surface area contributed by atoms with Gasteiger partial charge in [0.15, 0.2) is 0 Å². The van der Waals surface area contributed by atoms with Gasteiger partial charge >= 0.3 is 0 Å². The van der Waals surface area contributed by atoms with Crippen molar-refractivity contribution in [3.8, 4) is 11.8 Å². The first-order valence-corrected chi connectivity index (χ1v) is 8.31. The first kappa shape index (κ1) is 14.6. The average Bonchev–Trinajstić information content (AvgIpc) is 2.96. The third-order valence-electron chi connectivity index (χ3n) is 3.49. The molecule has 0 unspecified atom stereocenters. The highest BCUT2D eigenvalue weighted by Gasteiger charge is 2.24. The summed E-state index contributed by atoms with van der Waals surface area (Å²) in [5, 5.41) is 8.85. The molecule has 3 rings (SSSR count). The standard InChI is InChI=1S/C16H14N2O3S/c17-10-12-4-3-6-15(8-12)22(19,20)18-11-14-9-13-5-1-2-7-16(13)21-14/h1-8,14,18H,9,11H2/t14-/m0/s1. The second-order valence-electron chi connectivity index (χ2n) is 5.04. The number of hydrogen-bond donors (Lipinski definition) is 1. The molecule has 0 spiro atoms. The summed E-state index contributed by atoms with van der Waals surface area (Å²) in [7, 11) is -3.65. The lowest BCUT2D eigenvalue weighted by Crippen LogP contribution is -2.34. The maximum absolute atomic E-state index is 12.3. The fourth-order valence-electron chi connectivity index (χ4n) is 2.39. The van der Waals surface area contributed by atoms with Crippen molar-refractivity contribution in [1.82, 2.24) is 4.72 Å². The largest absolute Gasteiger partial charge is 0.488 e. The molecule has 1 heterocycles. The Morgan fingerprint density at radius 3 is 2.82 bits per heavy atom. The predicted molar refractivity (Wildman–Crippen MR) is 80.9 cm³/mol. The Hall–Kier alpha value is -2.36. The lowest BCUT2D eigenvalue weighted by molar-refractivity contribution is 0.236. The van der Waals surface area contributed by atoms with Crippen LogP contribution < -0.4 is 9.46 Å². The molecule has 1 N–H and O–H groups in total. The van der Waals surface area contributed by atoms with Gasteiger partial charge in [0.05, 0.1) is 16.5 Å². The fourth-order valence-corrected chi connectivity index (χ4v) is 3.50. The van der Waals surface area contributed by atoms with Gasteiger partial charge in [-0.2, -0.15) is 5.26 Å². The highest BCUT2D eigenvalue weighted by molar-refractivity contribution is 7.89. The van der Waals surface area contributed by atoms with Crippen molar-refractivity contribution in [1.29, 1.82) is 5.26 Å². The Kier molecular flexibility index (Phi) is 3.84. The average molecular weight is 314 g/mol. The lowest BCUT2D eigenvalue weighted by atomic mass is 10.1. The number of sulfonamides is 1. The first-order chi connectivity index (χ1) is 10.6. The predicted octanol–water partition coefficient (Wildman–Crippen LogP) is 1.84. The van der Waals surface area contributed by atoms with E-state index in [1.54, 1.807) is 12.1 Å². The molecule has 2 aromatic carbocycles. The third kappa shape index (κ3) is 2.96. The van der Waals surface area contributed by atoms with Crippen LogP contribution in [0.15, 0.2) is 53.4 Å². The van der Waals surface area contributed by atoms with Crippen molar-refractivity contribution in [2.45, 2.75) is 17.4 Å². The van der Waals surface area contributed by atoms with Crippen molar-refractivity contribution in [2.24, 2.45) is 0 Å². The maximum atomic E-state index is 12.3. The van der Waals surface area contributed by atoms with E-state index in [1.807, 2.05) is 30.3 Å². The molecule has 0 fully saturated rings. The highest BCUT2D eigenvalue weighted by Crippen LogP contribution is 2.27. The van der Waals surface area contributed by atoms with Gasteiger partial charge in [-0.05, 0) is 29.8 Å². The van der Waals surface area contributed by atoms with Gasteiger partial charge in [-0.15, -0.1) is 0 Å². The molecule has 1 atom stereocenters. The molecule has 22 heavy (non-hydrogen) atoms. The molecular formula is C16H14N2O3S. The molecule has 2 aromatic rings. The Labute approximate surface area is 129 Å². The normalized spacial score (nSPS) is 16.6. The van der Waals surface area contributed by atoms with Crippen molar-refractivity contribution >= 4 is 10.0 Å². The van der Waals surface area contributed by atoms with E-state index in [2.05, 4.69) is 4.72 Å². The van der Waals surface area contributed by atoms with Crippen LogP contribution >= 0.6 is 0 Å². The van der Waals surface area contributed by atoms with E-state index in [0.717, 1.165) is 11.3 Å². The highest BCUT2D eigenvalue weighted by atomic mass is 32.2. The summed E-state index contributed by atoms with van der Waals surface area (Å²) in [5.41, 5.74) is 1.39. The van der Waals surface area contributed by atoms with E-state index >= 15 is 0 Å². The van der Waals surface area contributed by atoms with E-state index in [4.69, 9.17) is 10.00 Å². The molecule has 1 aliphatic heterocycles. The van der Waals surface area contributed by atoms with Crippen LogP contribution in [0.1, 0.15) is 11.1 Å². The number of hydrogen-bond acceptors (Lipinski definition) is 4. The zero-order chi connectivity index (χ0) is 15.6. The number of ether oxygens (including phenoxy) is 1. The molecule has 0 aromatic heterocycles. The summed E-state index contributed by atoms with van der Waals surface area (Å²) in [6.07, 6.45) is 0.461. The molecule has 0 bridgehead atoms. The van der Waals surface area contributed by atoms with Crippen molar-refractivity contribution in [3.63, 3.8) is 0 Å². The zero-order valence-corrected chi connectivity index (χ0v) is 12.5. The first-order valence-electron chi connectivity index (χ1n) is 6.83. The maximum Gasteiger partial charge on any atom is 0.240 e. The van der Waals surface area contributed by atoms with Crippen LogP contribution in [-0.2, 0) is 16.4 Å². The second kappa shape index (κ2) is 5.79. The summed E-state index contributed by atoms with van der Waals surface area (Å²) in [6.45, 7) is 0.188. The summed E-state index contributed by atoms with van der Waals surface area (Å²) in [4.78, 5) is 0.0852. The number of nitriles is 1. The van der Waals surface area contributed by atoms with E-state index in [-0.39, 0.29) is 17.5 Å². The Balaban J connectivity index is 1.68. The zero-order valence-electron chi connectivity index (χ0n) is 11.7. The number of nitrogens with one attached hydrogen (secondary N) is 1. The summed E-state index contributed by atoms with van der Waals surface area (Å²) < 4.78 is 32.8. The molecule has 6 heteroatoms. The van der Waals surface area contributed by atoms with Crippen LogP contribution in [0.4, 0.5) is 0 Å². The molecule has 112 valence electrons. The van der Waals surface area contributed by atoms with Crippen LogP contribution in [0, 0.1) is 11.3 Å².